The predicted molar refractivity (Wildman–Crippen MR) is 73.5 cm³/mol. The van der Waals surface area contributed by atoms with E-state index in [1.54, 1.807) is 7.11 Å². The number of pyridine rings is 1. The molecule has 0 unspecified atom stereocenters. The van der Waals surface area contributed by atoms with Gasteiger partial charge in [0.15, 0.2) is 0 Å². The first-order chi connectivity index (χ1) is 8.79. The lowest BCUT2D eigenvalue weighted by molar-refractivity contribution is 0.185. The Morgan fingerprint density at radius 3 is 2.72 bits per heavy atom. The number of nitrogens with zero attached hydrogens (tertiary/aromatic N) is 1. The van der Waals surface area contributed by atoms with Gasteiger partial charge in [0.1, 0.15) is 0 Å². The molecule has 2 aromatic rings. The Kier molecular flexibility index (Phi) is 4.31. The topological polar surface area (TPSA) is 34.1 Å². The molecule has 3 heteroatoms. The van der Waals surface area contributed by atoms with E-state index in [1.165, 1.54) is 5.56 Å². The minimum Gasteiger partial charge on any atom is -0.380 e. The summed E-state index contributed by atoms with van der Waals surface area (Å²) < 4.78 is 5.18. The standard InChI is InChI=1S/C15H18N2O/c1-12-7-8-14(16-9-12)10-17-15-6-4-3-5-13(15)11-18-2/h3-9,17H,10-11H2,1-2H3. The summed E-state index contributed by atoms with van der Waals surface area (Å²) in [6.07, 6.45) is 1.89. The Hall–Kier alpha value is -1.87. The van der Waals surface area contributed by atoms with Crippen LogP contribution in [0.15, 0.2) is 42.6 Å². The van der Waals surface area contributed by atoms with Gasteiger partial charge in [-0.3, -0.25) is 4.98 Å². The van der Waals surface area contributed by atoms with Gasteiger partial charge >= 0.3 is 0 Å². The second-order valence-corrected chi connectivity index (χ2v) is 4.27. The zero-order valence-electron chi connectivity index (χ0n) is 10.8. The van der Waals surface area contributed by atoms with Crippen LogP contribution in [-0.2, 0) is 17.9 Å². The van der Waals surface area contributed by atoms with Crippen LogP contribution in [0.25, 0.3) is 0 Å². The summed E-state index contributed by atoms with van der Waals surface area (Å²) in [5, 5.41) is 3.39. The molecule has 0 saturated heterocycles. The molecule has 0 amide bonds. The van der Waals surface area contributed by atoms with Crippen LogP contribution in [0.2, 0.25) is 0 Å². The van der Waals surface area contributed by atoms with E-state index < -0.39 is 0 Å². The third-order valence-electron chi connectivity index (χ3n) is 2.75. The van der Waals surface area contributed by atoms with Gasteiger partial charge in [0.2, 0.25) is 0 Å². The van der Waals surface area contributed by atoms with Crippen LogP contribution in [0.3, 0.4) is 0 Å². The molecule has 94 valence electrons. The van der Waals surface area contributed by atoms with Crippen LogP contribution in [0.1, 0.15) is 16.8 Å². The molecular formula is C15H18N2O. The smallest absolute Gasteiger partial charge is 0.0733 e. The fraction of sp³-hybridized carbons (Fsp3) is 0.267. The van der Waals surface area contributed by atoms with E-state index >= 15 is 0 Å². The summed E-state index contributed by atoms with van der Waals surface area (Å²) >= 11 is 0. The van der Waals surface area contributed by atoms with E-state index in [0.717, 1.165) is 23.5 Å². The summed E-state index contributed by atoms with van der Waals surface area (Å²) in [4.78, 5) is 4.38. The van der Waals surface area contributed by atoms with Gasteiger partial charge in [-0.15, -0.1) is 0 Å². The first-order valence-electron chi connectivity index (χ1n) is 6.02. The van der Waals surface area contributed by atoms with E-state index in [-0.39, 0.29) is 0 Å². The van der Waals surface area contributed by atoms with Crippen LogP contribution in [0, 0.1) is 6.92 Å². The molecule has 0 aliphatic heterocycles. The average Bonchev–Trinajstić information content (AvgIpc) is 2.40. The van der Waals surface area contributed by atoms with Crippen LogP contribution < -0.4 is 5.32 Å². The maximum Gasteiger partial charge on any atom is 0.0733 e. The molecule has 18 heavy (non-hydrogen) atoms. The fourth-order valence-electron chi connectivity index (χ4n) is 1.76. The zero-order valence-corrected chi connectivity index (χ0v) is 10.8. The number of benzene rings is 1. The Labute approximate surface area is 108 Å². The first-order valence-corrected chi connectivity index (χ1v) is 6.02. The normalized spacial score (nSPS) is 10.3. The summed E-state index contributed by atoms with van der Waals surface area (Å²) in [6, 6.07) is 12.3. The molecule has 3 nitrogen and oxygen atoms in total. The number of methoxy groups -OCH3 is 1. The number of ether oxygens (including phenoxy) is 1. The summed E-state index contributed by atoms with van der Waals surface area (Å²) in [5.74, 6) is 0. The van der Waals surface area contributed by atoms with Crippen LogP contribution >= 0.6 is 0 Å². The highest BCUT2D eigenvalue weighted by Crippen LogP contribution is 2.16. The number of aryl methyl sites for hydroxylation is 1. The summed E-state index contributed by atoms with van der Waals surface area (Å²) in [5.41, 5.74) is 4.47. The van der Waals surface area contributed by atoms with Crippen LogP contribution in [0.5, 0.6) is 0 Å². The number of hydrogen-bond acceptors (Lipinski definition) is 3. The number of rotatable bonds is 5. The van der Waals surface area contributed by atoms with Crippen molar-refractivity contribution in [2.45, 2.75) is 20.1 Å². The highest BCUT2D eigenvalue weighted by atomic mass is 16.5. The van der Waals surface area contributed by atoms with Gasteiger partial charge in [-0.1, -0.05) is 24.3 Å². The average molecular weight is 242 g/mol. The van der Waals surface area contributed by atoms with Crippen molar-refractivity contribution >= 4 is 5.69 Å². The predicted octanol–water partition coefficient (Wildman–Crippen LogP) is 3.15. The maximum atomic E-state index is 5.18. The number of anilines is 1. The zero-order chi connectivity index (χ0) is 12.8. The minimum absolute atomic E-state index is 0.616. The van der Waals surface area contributed by atoms with Crippen LogP contribution in [-0.4, -0.2) is 12.1 Å². The third-order valence-corrected chi connectivity index (χ3v) is 2.75. The number of hydrogen-bond donors (Lipinski definition) is 1. The van der Waals surface area contributed by atoms with Crippen molar-refractivity contribution in [2.75, 3.05) is 12.4 Å². The van der Waals surface area contributed by atoms with E-state index in [9.17, 15) is 0 Å². The highest BCUT2D eigenvalue weighted by Gasteiger charge is 2.01. The minimum atomic E-state index is 0.616. The Bertz CT molecular complexity index is 494. The molecule has 1 heterocycles. The Balaban J connectivity index is 2.03. The first kappa shape index (κ1) is 12.6. The summed E-state index contributed by atoms with van der Waals surface area (Å²) in [7, 11) is 1.71. The van der Waals surface area contributed by atoms with Crippen molar-refractivity contribution in [2.24, 2.45) is 0 Å². The van der Waals surface area contributed by atoms with Gasteiger partial charge in [-0.2, -0.15) is 0 Å². The lowest BCUT2D eigenvalue weighted by Gasteiger charge is -2.11. The molecule has 0 atom stereocenters. The molecule has 0 spiro atoms. The molecule has 0 radical (unpaired) electrons. The molecule has 0 aliphatic rings. The lowest BCUT2D eigenvalue weighted by atomic mass is 10.2. The number of aromatic nitrogens is 1. The van der Waals surface area contributed by atoms with E-state index in [0.29, 0.717) is 6.61 Å². The second kappa shape index (κ2) is 6.17. The highest BCUT2D eigenvalue weighted by molar-refractivity contribution is 5.50. The molecular weight excluding hydrogens is 224 g/mol. The fourth-order valence-corrected chi connectivity index (χ4v) is 1.76. The van der Waals surface area contributed by atoms with Gasteiger partial charge in [0.25, 0.3) is 0 Å². The van der Waals surface area contributed by atoms with Crippen molar-refractivity contribution in [3.8, 4) is 0 Å². The van der Waals surface area contributed by atoms with E-state index in [4.69, 9.17) is 4.74 Å². The maximum absolute atomic E-state index is 5.18. The lowest BCUT2D eigenvalue weighted by Crippen LogP contribution is -2.04. The molecule has 1 aromatic heterocycles. The molecule has 1 aromatic carbocycles. The van der Waals surface area contributed by atoms with Crippen molar-refractivity contribution in [1.82, 2.24) is 4.98 Å². The van der Waals surface area contributed by atoms with Crippen molar-refractivity contribution in [3.63, 3.8) is 0 Å². The quantitative estimate of drug-likeness (QED) is 0.874. The van der Waals surface area contributed by atoms with Crippen molar-refractivity contribution < 1.29 is 4.74 Å². The van der Waals surface area contributed by atoms with Gasteiger partial charge in [0.05, 0.1) is 18.8 Å². The third kappa shape index (κ3) is 3.31. The molecule has 2 rings (SSSR count). The van der Waals surface area contributed by atoms with Gasteiger partial charge < -0.3 is 10.1 Å². The van der Waals surface area contributed by atoms with Gasteiger partial charge in [-0.05, 0) is 24.6 Å². The molecule has 1 N–H and O–H groups in total. The van der Waals surface area contributed by atoms with Gasteiger partial charge in [-0.25, -0.2) is 0 Å². The Morgan fingerprint density at radius 1 is 1.17 bits per heavy atom. The van der Waals surface area contributed by atoms with E-state index in [2.05, 4.69) is 28.5 Å². The molecule has 0 aliphatic carbocycles. The van der Waals surface area contributed by atoms with Crippen molar-refractivity contribution in [3.05, 3.63) is 59.4 Å². The number of nitrogens with one attached hydrogen (secondary N) is 1. The number of para-hydroxylation sites is 1. The SMILES string of the molecule is COCc1ccccc1NCc1ccc(C)cn1. The van der Waals surface area contributed by atoms with E-state index in [1.807, 2.05) is 31.3 Å². The molecule has 0 bridgehead atoms. The molecule has 0 saturated carbocycles. The van der Waals surface area contributed by atoms with Crippen molar-refractivity contribution in [1.29, 1.82) is 0 Å². The Morgan fingerprint density at radius 2 is 2.00 bits per heavy atom. The van der Waals surface area contributed by atoms with Crippen LogP contribution in [0.4, 0.5) is 5.69 Å². The monoisotopic (exact) mass is 242 g/mol. The molecule has 0 fully saturated rings. The summed E-state index contributed by atoms with van der Waals surface area (Å²) in [6.45, 7) is 3.38. The largest absolute Gasteiger partial charge is 0.380 e. The van der Waals surface area contributed by atoms with Gasteiger partial charge in [0, 0.05) is 24.6 Å². The second-order valence-electron chi connectivity index (χ2n) is 4.27.